The molecule has 0 aliphatic carbocycles. The van der Waals surface area contributed by atoms with Crippen LogP contribution in [0.15, 0.2) is 18.3 Å². The van der Waals surface area contributed by atoms with E-state index >= 15 is 0 Å². The molecule has 13 heavy (non-hydrogen) atoms. The third kappa shape index (κ3) is 3.03. The second-order valence-electron chi connectivity index (χ2n) is 3.00. The van der Waals surface area contributed by atoms with Crippen molar-refractivity contribution in [3.8, 4) is 0 Å². The maximum absolute atomic E-state index is 5.57. The average molecular weight is 179 g/mol. The number of hydrogen-bond acceptors (Lipinski definition) is 3. The van der Waals surface area contributed by atoms with Crippen LogP contribution in [-0.2, 0) is 6.54 Å². The van der Waals surface area contributed by atoms with E-state index < -0.39 is 0 Å². The molecule has 1 aromatic heterocycles. The Bertz CT molecular complexity index is 248. The van der Waals surface area contributed by atoms with Crippen molar-refractivity contribution in [3.05, 3.63) is 23.9 Å². The Morgan fingerprint density at radius 1 is 1.54 bits per heavy atom. The first-order chi connectivity index (χ1) is 6.38. The van der Waals surface area contributed by atoms with Crippen LogP contribution in [-0.4, -0.2) is 11.5 Å². The molecule has 0 saturated heterocycles. The first-order valence-corrected chi connectivity index (χ1v) is 4.76. The highest BCUT2D eigenvalue weighted by Gasteiger charge is 1.98. The minimum absolute atomic E-state index is 0.544. The Hall–Kier alpha value is -1.09. The molecule has 1 rings (SSSR count). The van der Waals surface area contributed by atoms with Gasteiger partial charge in [0.2, 0.25) is 0 Å². The minimum Gasteiger partial charge on any atom is -0.370 e. The third-order valence-corrected chi connectivity index (χ3v) is 1.93. The first kappa shape index (κ1) is 9.99. The number of rotatable bonds is 5. The Morgan fingerprint density at radius 2 is 2.38 bits per heavy atom. The van der Waals surface area contributed by atoms with Gasteiger partial charge in [0.05, 0.1) is 0 Å². The maximum atomic E-state index is 5.57. The molecule has 72 valence electrons. The lowest BCUT2D eigenvalue weighted by Gasteiger charge is -2.08. The molecular weight excluding hydrogens is 162 g/mol. The molecule has 0 aromatic carbocycles. The highest BCUT2D eigenvalue weighted by Crippen LogP contribution is 2.09. The van der Waals surface area contributed by atoms with Gasteiger partial charge in [-0.15, -0.1) is 0 Å². The summed E-state index contributed by atoms with van der Waals surface area (Å²) in [6.45, 7) is 3.69. The highest BCUT2D eigenvalue weighted by atomic mass is 15.0. The number of pyridine rings is 1. The summed E-state index contributed by atoms with van der Waals surface area (Å²) in [5.74, 6) is 0.929. The van der Waals surface area contributed by atoms with Crippen molar-refractivity contribution in [1.82, 2.24) is 4.98 Å². The van der Waals surface area contributed by atoms with Crippen molar-refractivity contribution in [2.45, 2.75) is 26.3 Å². The van der Waals surface area contributed by atoms with E-state index in [-0.39, 0.29) is 0 Å². The van der Waals surface area contributed by atoms with Gasteiger partial charge in [0.1, 0.15) is 5.82 Å². The largest absolute Gasteiger partial charge is 0.370 e. The van der Waals surface area contributed by atoms with Crippen molar-refractivity contribution >= 4 is 5.82 Å². The predicted octanol–water partition coefficient (Wildman–Crippen LogP) is 1.75. The van der Waals surface area contributed by atoms with Crippen LogP contribution in [0.4, 0.5) is 5.82 Å². The molecule has 1 aromatic rings. The van der Waals surface area contributed by atoms with Gasteiger partial charge < -0.3 is 11.1 Å². The lowest BCUT2D eigenvalue weighted by molar-refractivity contribution is 0.828. The summed E-state index contributed by atoms with van der Waals surface area (Å²) in [5, 5.41) is 3.27. The van der Waals surface area contributed by atoms with Gasteiger partial charge in [-0.2, -0.15) is 0 Å². The topological polar surface area (TPSA) is 50.9 Å². The molecule has 3 N–H and O–H groups in total. The fourth-order valence-corrected chi connectivity index (χ4v) is 1.15. The third-order valence-electron chi connectivity index (χ3n) is 1.93. The summed E-state index contributed by atoms with van der Waals surface area (Å²) < 4.78 is 0. The van der Waals surface area contributed by atoms with E-state index in [0.717, 1.165) is 17.9 Å². The molecule has 0 saturated carbocycles. The highest BCUT2D eigenvalue weighted by molar-refractivity contribution is 5.43. The van der Waals surface area contributed by atoms with Crippen molar-refractivity contribution in [2.24, 2.45) is 5.73 Å². The van der Waals surface area contributed by atoms with Crippen LogP contribution < -0.4 is 11.1 Å². The van der Waals surface area contributed by atoms with E-state index in [0.29, 0.717) is 6.54 Å². The molecule has 0 radical (unpaired) electrons. The van der Waals surface area contributed by atoms with Crippen LogP contribution >= 0.6 is 0 Å². The molecular formula is C10H17N3. The smallest absolute Gasteiger partial charge is 0.130 e. The van der Waals surface area contributed by atoms with Crippen LogP contribution in [0.5, 0.6) is 0 Å². The zero-order valence-electron chi connectivity index (χ0n) is 8.09. The zero-order chi connectivity index (χ0) is 9.52. The molecule has 0 fully saturated rings. The molecule has 0 amide bonds. The number of anilines is 1. The summed E-state index contributed by atoms with van der Waals surface area (Å²) in [6, 6.07) is 3.91. The van der Waals surface area contributed by atoms with Crippen LogP contribution in [0.1, 0.15) is 25.3 Å². The van der Waals surface area contributed by atoms with Crippen LogP contribution in [0.3, 0.4) is 0 Å². The van der Waals surface area contributed by atoms with Crippen molar-refractivity contribution in [3.63, 3.8) is 0 Å². The number of hydrogen-bond donors (Lipinski definition) is 2. The van der Waals surface area contributed by atoms with E-state index in [4.69, 9.17) is 5.73 Å². The second-order valence-corrected chi connectivity index (χ2v) is 3.00. The zero-order valence-corrected chi connectivity index (χ0v) is 8.09. The molecule has 0 aliphatic heterocycles. The number of aromatic nitrogens is 1. The molecule has 3 nitrogen and oxygen atoms in total. The van der Waals surface area contributed by atoms with Gasteiger partial charge in [0.25, 0.3) is 0 Å². The van der Waals surface area contributed by atoms with Crippen molar-refractivity contribution < 1.29 is 0 Å². The number of nitrogens with one attached hydrogen (secondary N) is 1. The average Bonchev–Trinajstić information content (AvgIpc) is 2.19. The SMILES string of the molecule is CCCCNc1ncccc1CN. The standard InChI is InChI=1S/C10H17N3/c1-2-3-6-12-10-9(8-11)5-4-7-13-10/h4-5,7H,2-3,6,8,11H2,1H3,(H,12,13). The van der Waals surface area contributed by atoms with Crippen molar-refractivity contribution in [2.75, 3.05) is 11.9 Å². The van der Waals surface area contributed by atoms with E-state index in [1.165, 1.54) is 12.8 Å². The fraction of sp³-hybridized carbons (Fsp3) is 0.500. The summed E-state index contributed by atoms with van der Waals surface area (Å²) in [4.78, 5) is 4.23. The Balaban J connectivity index is 2.54. The minimum atomic E-state index is 0.544. The Morgan fingerprint density at radius 3 is 3.08 bits per heavy atom. The second kappa shape index (κ2) is 5.54. The Kier molecular flexibility index (Phi) is 4.26. The summed E-state index contributed by atoms with van der Waals surface area (Å²) >= 11 is 0. The Labute approximate surface area is 79.4 Å². The maximum Gasteiger partial charge on any atom is 0.130 e. The molecule has 0 aliphatic rings. The lowest BCUT2D eigenvalue weighted by atomic mass is 10.2. The van der Waals surface area contributed by atoms with Crippen LogP contribution in [0, 0.1) is 0 Å². The molecule has 0 atom stereocenters. The van der Waals surface area contributed by atoms with Crippen molar-refractivity contribution in [1.29, 1.82) is 0 Å². The lowest BCUT2D eigenvalue weighted by Crippen LogP contribution is -2.08. The van der Waals surface area contributed by atoms with Gasteiger partial charge >= 0.3 is 0 Å². The number of nitrogens with zero attached hydrogens (tertiary/aromatic N) is 1. The van der Waals surface area contributed by atoms with E-state index in [9.17, 15) is 0 Å². The van der Waals surface area contributed by atoms with Gasteiger partial charge in [0.15, 0.2) is 0 Å². The fourth-order valence-electron chi connectivity index (χ4n) is 1.15. The van der Waals surface area contributed by atoms with Gasteiger partial charge in [-0.1, -0.05) is 19.4 Å². The first-order valence-electron chi connectivity index (χ1n) is 4.76. The van der Waals surface area contributed by atoms with Gasteiger partial charge in [-0.05, 0) is 12.5 Å². The normalized spacial score (nSPS) is 10.0. The monoisotopic (exact) mass is 179 g/mol. The number of unbranched alkanes of at least 4 members (excludes halogenated alkanes) is 1. The van der Waals surface area contributed by atoms with Gasteiger partial charge in [0, 0.05) is 24.8 Å². The summed E-state index contributed by atoms with van der Waals surface area (Å²) in [5.41, 5.74) is 6.66. The molecule has 0 unspecified atom stereocenters. The molecule has 3 heteroatoms. The quantitative estimate of drug-likeness (QED) is 0.677. The molecule has 0 bridgehead atoms. The van der Waals surface area contributed by atoms with Crippen LogP contribution in [0.2, 0.25) is 0 Å². The van der Waals surface area contributed by atoms with E-state index in [1.54, 1.807) is 6.20 Å². The van der Waals surface area contributed by atoms with E-state index in [1.807, 2.05) is 12.1 Å². The summed E-state index contributed by atoms with van der Waals surface area (Å²) in [7, 11) is 0. The van der Waals surface area contributed by atoms with Gasteiger partial charge in [-0.3, -0.25) is 0 Å². The van der Waals surface area contributed by atoms with Gasteiger partial charge in [-0.25, -0.2) is 4.98 Å². The molecule has 0 spiro atoms. The van der Waals surface area contributed by atoms with E-state index in [2.05, 4.69) is 17.2 Å². The molecule has 1 heterocycles. The predicted molar refractivity (Wildman–Crippen MR) is 55.5 cm³/mol. The number of nitrogens with two attached hydrogens (primary N) is 1. The van der Waals surface area contributed by atoms with Crippen LogP contribution in [0.25, 0.3) is 0 Å². The summed E-state index contributed by atoms with van der Waals surface area (Å²) in [6.07, 6.45) is 4.14.